The number of fused-ring (bicyclic) bond motifs is 1. The van der Waals surface area contributed by atoms with Crippen molar-refractivity contribution in [2.45, 2.75) is 30.8 Å². The number of aromatic amines is 1. The van der Waals surface area contributed by atoms with Crippen molar-refractivity contribution < 1.29 is 8.42 Å². The van der Waals surface area contributed by atoms with Gasteiger partial charge in [-0.05, 0) is 26.0 Å². The van der Waals surface area contributed by atoms with E-state index in [1.54, 1.807) is 22.6 Å². The molecule has 2 aromatic rings. The highest BCUT2D eigenvalue weighted by Gasteiger charge is 2.32. The number of H-pyrrole nitrogens is 1. The normalized spacial score (nSPS) is 25.1. The molecule has 6 nitrogen and oxygen atoms in total. The molecule has 3 heterocycles. The van der Waals surface area contributed by atoms with Gasteiger partial charge in [-0.2, -0.15) is 4.31 Å². The van der Waals surface area contributed by atoms with Crippen LogP contribution < -0.4 is 5.32 Å². The van der Waals surface area contributed by atoms with E-state index in [2.05, 4.69) is 15.3 Å². The van der Waals surface area contributed by atoms with E-state index in [1.807, 2.05) is 13.8 Å². The highest BCUT2D eigenvalue weighted by molar-refractivity contribution is 7.89. The topological polar surface area (TPSA) is 78.1 Å². The van der Waals surface area contributed by atoms with Crippen LogP contribution in [-0.2, 0) is 10.0 Å². The van der Waals surface area contributed by atoms with E-state index in [4.69, 9.17) is 0 Å². The lowest BCUT2D eigenvalue weighted by Gasteiger charge is -2.35. The van der Waals surface area contributed by atoms with Crippen LogP contribution in [0.25, 0.3) is 11.0 Å². The molecule has 0 radical (unpaired) electrons. The van der Waals surface area contributed by atoms with Gasteiger partial charge in [-0.3, -0.25) is 0 Å². The van der Waals surface area contributed by atoms with Crippen molar-refractivity contribution in [3.63, 3.8) is 0 Å². The summed E-state index contributed by atoms with van der Waals surface area (Å²) in [6.45, 7) is 4.96. The molecule has 20 heavy (non-hydrogen) atoms. The molecule has 0 aliphatic carbocycles. The van der Waals surface area contributed by atoms with Crippen molar-refractivity contribution >= 4 is 21.1 Å². The van der Waals surface area contributed by atoms with Crippen LogP contribution in [0.1, 0.15) is 13.8 Å². The average molecular weight is 294 g/mol. The number of rotatable bonds is 2. The minimum atomic E-state index is -3.49. The van der Waals surface area contributed by atoms with Crippen LogP contribution in [0.3, 0.4) is 0 Å². The summed E-state index contributed by atoms with van der Waals surface area (Å²) in [5, 5.41) is 3.98. The third-order valence-corrected chi connectivity index (χ3v) is 5.43. The average Bonchev–Trinajstić information content (AvgIpc) is 2.82. The van der Waals surface area contributed by atoms with E-state index in [0.717, 1.165) is 0 Å². The molecule has 7 heteroatoms. The molecule has 0 amide bonds. The lowest BCUT2D eigenvalue weighted by molar-refractivity contribution is 0.263. The van der Waals surface area contributed by atoms with Crippen molar-refractivity contribution in [2.24, 2.45) is 0 Å². The summed E-state index contributed by atoms with van der Waals surface area (Å²) >= 11 is 0. The molecule has 2 aromatic heterocycles. The monoisotopic (exact) mass is 294 g/mol. The first-order valence-corrected chi connectivity index (χ1v) is 8.11. The highest BCUT2D eigenvalue weighted by Crippen LogP contribution is 2.25. The molecule has 1 saturated heterocycles. The summed E-state index contributed by atoms with van der Waals surface area (Å²) in [4.78, 5) is 7.37. The Morgan fingerprint density at radius 3 is 2.70 bits per heavy atom. The molecule has 2 N–H and O–H groups in total. The quantitative estimate of drug-likeness (QED) is 0.864. The van der Waals surface area contributed by atoms with E-state index in [9.17, 15) is 8.42 Å². The number of nitrogens with zero attached hydrogens (tertiary/aromatic N) is 2. The number of aromatic nitrogens is 2. The van der Waals surface area contributed by atoms with Crippen molar-refractivity contribution in [1.29, 1.82) is 0 Å². The molecule has 0 aromatic carbocycles. The lowest BCUT2D eigenvalue weighted by Crippen LogP contribution is -2.55. The van der Waals surface area contributed by atoms with Crippen molar-refractivity contribution in [3.05, 3.63) is 24.5 Å². The van der Waals surface area contributed by atoms with Crippen LogP contribution in [0.5, 0.6) is 0 Å². The Kier molecular flexibility index (Phi) is 3.27. The fraction of sp³-hybridized carbons (Fsp3) is 0.462. The highest BCUT2D eigenvalue weighted by atomic mass is 32.2. The van der Waals surface area contributed by atoms with Crippen molar-refractivity contribution in [3.8, 4) is 0 Å². The van der Waals surface area contributed by atoms with Crippen LogP contribution in [0.15, 0.2) is 29.4 Å². The predicted octanol–water partition coefficient (Wildman–Crippen LogP) is 0.934. The SMILES string of the molecule is C[C@H]1CN(S(=O)(=O)c2c[nH]c3ncccc23)C[C@H](C)N1. The van der Waals surface area contributed by atoms with E-state index < -0.39 is 10.0 Å². The Labute approximate surface area is 118 Å². The number of piperazine rings is 1. The Morgan fingerprint density at radius 2 is 2.00 bits per heavy atom. The number of sulfonamides is 1. The lowest BCUT2D eigenvalue weighted by atomic mass is 10.2. The minimum Gasteiger partial charge on any atom is -0.345 e. The maximum atomic E-state index is 12.8. The zero-order valence-electron chi connectivity index (χ0n) is 11.5. The molecule has 0 unspecified atom stereocenters. The van der Waals surface area contributed by atoms with Crippen LogP contribution in [-0.4, -0.2) is 47.9 Å². The number of pyridine rings is 1. The summed E-state index contributed by atoms with van der Waals surface area (Å²) in [5.74, 6) is 0. The van der Waals surface area contributed by atoms with E-state index >= 15 is 0 Å². The number of nitrogens with one attached hydrogen (secondary N) is 2. The fourth-order valence-corrected chi connectivity index (χ4v) is 4.52. The first-order chi connectivity index (χ1) is 9.48. The molecule has 3 rings (SSSR count). The van der Waals surface area contributed by atoms with E-state index in [1.165, 1.54) is 6.20 Å². The van der Waals surface area contributed by atoms with Gasteiger partial charge in [0.2, 0.25) is 10.0 Å². The molecule has 1 aliphatic heterocycles. The first kappa shape index (κ1) is 13.5. The van der Waals surface area contributed by atoms with Gasteiger partial charge in [-0.25, -0.2) is 13.4 Å². The zero-order valence-corrected chi connectivity index (χ0v) is 12.3. The second-order valence-electron chi connectivity index (χ2n) is 5.34. The summed E-state index contributed by atoms with van der Waals surface area (Å²) in [7, 11) is -3.49. The molecule has 1 aliphatic rings. The maximum Gasteiger partial charge on any atom is 0.245 e. The van der Waals surface area contributed by atoms with Crippen LogP contribution >= 0.6 is 0 Å². The fourth-order valence-electron chi connectivity index (χ4n) is 2.76. The second-order valence-corrected chi connectivity index (χ2v) is 7.25. The van der Waals surface area contributed by atoms with Gasteiger partial charge in [0.25, 0.3) is 0 Å². The number of hydrogen-bond donors (Lipinski definition) is 2. The minimum absolute atomic E-state index is 0.150. The molecule has 0 saturated carbocycles. The smallest absolute Gasteiger partial charge is 0.245 e. The summed E-state index contributed by atoms with van der Waals surface area (Å²) in [5.41, 5.74) is 0.599. The summed E-state index contributed by atoms with van der Waals surface area (Å²) < 4.78 is 27.2. The molecule has 0 spiro atoms. The van der Waals surface area contributed by atoms with Gasteiger partial charge >= 0.3 is 0 Å². The Morgan fingerprint density at radius 1 is 1.30 bits per heavy atom. The van der Waals surface area contributed by atoms with E-state index in [-0.39, 0.29) is 12.1 Å². The van der Waals surface area contributed by atoms with Gasteiger partial charge in [0.1, 0.15) is 10.5 Å². The van der Waals surface area contributed by atoms with Crippen molar-refractivity contribution in [1.82, 2.24) is 19.6 Å². The largest absolute Gasteiger partial charge is 0.345 e. The van der Waals surface area contributed by atoms with E-state index in [0.29, 0.717) is 29.0 Å². The first-order valence-electron chi connectivity index (χ1n) is 6.67. The van der Waals surface area contributed by atoms with Gasteiger partial charge in [-0.15, -0.1) is 0 Å². The Hall–Kier alpha value is -1.44. The van der Waals surface area contributed by atoms with Crippen LogP contribution in [0.4, 0.5) is 0 Å². The summed E-state index contributed by atoms with van der Waals surface area (Å²) in [6.07, 6.45) is 3.18. The van der Waals surface area contributed by atoms with Gasteiger partial charge in [0.05, 0.1) is 0 Å². The zero-order chi connectivity index (χ0) is 14.3. The van der Waals surface area contributed by atoms with Gasteiger partial charge in [0.15, 0.2) is 0 Å². The third-order valence-electron chi connectivity index (χ3n) is 3.56. The van der Waals surface area contributed by atoms with Crippen LogP contribution in [0.2, 0.25) is 0 Å². The molecule has 0 bridgehead atoms. The maximum absolute atomic E-state index is 12.8. The molecule has 108 valence electrons. The van der Waals surface area contributed by atoms with Gasteiger partial charge in [-0.1, -0.05) is 0 Å². The Bertz CT molecular complexity index is 715. The molecule has 1 fully saturated rings. The van der Waals surface area contributed by atoms with Crippen LogP contribution in [0, 0.1) is 0 Å². The number of hydrogen-bond acceptors (Lipinski definition) is 4. The Balaban J connectivity index is 2.03. The van der Waals surface area contributed by atoms with Crippen molar-refractivity contribution in [2.75, 3.05) is 13.1 Å². The summed E-state index contributed by atoms with van der Waals surface area (Å²) in [6, 6.07) is 3.83. The molecular weight excluding hydrogens is 276 g/mol. The standard InChI is InChI=1S/C13H18N4O2S/c1-9-7-17(8-10(2)16-9)20(18,19)12-6-15-13-11(12)4-3-5-14-13/h3-6,9-10,16H,7-8H2,1-2H3,(H,14,15)/t9-,10-/m0/s1. The molecule has 2 atom stereocenters. The van der Waals surface area contributed by atoms with Gasteiger partial charge in [0, 0.05) is 43.0 Å². The predicted molar refractivity (Wildman–Crippen MR) is 76.9 cm³/mol. The molecular formula is C13H18N4O2S. The third kappa shape index (κ3) is 2.21. The second kappa shape index (κ2) is 4.83. The van der Waals surface area contributed by atoms with Gasteiger partial charge < -0.3 is 10.3 Å².